The molecule has 132 valence electrons. The van der Waals surface area contributed by atoms with Gasteiger partial charge in [-0.1, -0.05) is 18.2 Å². The van der Waals surface area contributed by atoms with Crippen LogP contribution in [0.25, 0.3) is 0 Å². The molecule has 0 atom stereocenters. The number of carbonyl (C=O) groups excluding carboxylic acids is 1. The molecule has 6 heteroatoms. The Bertz CT molecular complexity index is 569. The molecule has 0 radical (unpaired) electrons. The lowest BCUT2D eigenvalue weighted by molar-refractivity contribution is -0.149. The summed E-state index contributed by atoms with van der Waals surface area (Å²) in [6, 6.07) is 6.81. The molecule has 1 N–H and O–H groups in total. The zero-order valence-corrected chi connectivity index (χ0v) is 14.4. The van der Waals surface area contributed by atoms with Crippen molar-refractivity contribution in [2.24, 2.45) is 10.9 Å². The van der Waals surface area contributed by atoms with E-state index in [4.69, 9.17) is 4.74 Å². The first-order chi connectivity index (χ1) is 11.7. The number of benzene rings is 1. The van der Waals surface area contributed by atoms with Gasteiger partial charge in [-0.15, -0.1) is 0 Å². The maximum Gasteiger partial charge on any atom is 0.309 e. The lowest BCUT2D eigenvalue weighted by atomic mass is 9.97. The van der Waals surface area contributed by atoms with Crippen molar-refractivity contribution in [1.82, 2.24) is 10.2 Å². The molecular weight excluding hydrogens is 309 g/mol. The fourth-order valence-corrected chi connectivity index (χ4v) is 2.93. The quantitative estimate of drug-likeness (QED) is 0.509. The number of likely N-dealkylation sites (tertiary alicyclic amines) is 1. The summed E-state index contributed by atoms with van der Waals surface area (Å²) < 4.78 is 18.7. The van der Waals surface area contributed by atoms with E-state index in [0.717, 1.165) is 31.9 Å². The smallest absolute Gasteiger partial charge is 0.309 e. The van der Waals surface area contributed by atoms with Crippen LogP contribution in [0.4, 0.5) is 4.39 Å². The summed E-state index contributed by atoms with van der Waals surface area (Å²) in [7, 11) is 1.74. The van der Waals surface area contributed by atoms with Crippen molar-refractivity contribution in [3.05, 3.63) is 35.6 Å². The number of guanidine groups is 1. The summed E-state index contributed by atoms with van der Waals surface area (Å²) >= 11 is 0. The fourth-order valence-electron chi connectivity index (χ4n) is 2.93. The predicted molar refractivity (Wildman–Crippen MR) is 92.4 cm³/mol. The van der Waals surface area contributed by atoms with E-state index in [1.165, 1.54) is 6.07 Å². The zero-order chi connectivity index (χ0) is 17.4. The Morgan fingerprint density at radius 2 is 2.08 bits per heavy atom. The molecule has 1 aromatic rings. The average molecular weight is 335 g/mol. The second-order valence-electron chi connectivity index (χ2n) is 5.83. The molecule has 1 fully saturated rings. The van der Waals surface area contributed by atoms with Crippen LogP contribution in [0.5, 0.6) is 0 Å². The van der Waals surface area contributed by atoms with Gasteiger partial charge in [0.25, 0.3) is 0 Å². The Hall–Kier alpha value is -2.11. The molecular formula is C18H26FN3O2. The minimum atomic E-state index is -0.176. The van der Waals surface area contributed by atoms with Crippen LogP contribution < -0.4 is 5.32 Å². The van der Waals surface area contributed by atoms with Crippen molar-refractivity contribution in [1.29, 1.82) is 0 Å². The van der Waals surface area contributed by atoms with Crippen molar-refractivity contribution < 1.29 is 13.9 Å². The highest BCUT2D eigenvalue weighted by Crippen LogP contribution is 2.18. The number of piperidine rings is 1. The van der Waals surface area contributed by atoms with Crippen LogP contribution in [0.15, 0.2) is 29.3 Å². The molecule has 1 saturated heterocycles. The van der Waals surface area contributed by atoms with E-state index in [1.54, 1.807) is 19.2 Å². The van der Waals surface area contributed by atoms with Gasteiger partial charge in [0, 0.05) is 26.7 Å². The van der Waals surface area contributed by atoms with E-state index in [2.05, 4.69) is 15.2 Å². The van der Waals surface area contributed by atoms with E-state index in [9.17, 15) is 9.18 Å². The molecule has 1 aromatic carbocycles. The predicted octanol–water partition coefficient (Wildman–Crippen LogP) is 2.22. The number of halogens is 1. The van der Waals surface area contributed by atoms with Crippen LogP contribution in [0.1, 0.15) is 25.3 Å². The van der Waals surface area contributed by atoms with E-state index >= 15 is 0 Å². The molecule has 2 rings (SSSR count). The highest BCUT2D eigenvalue weighted by atomic mass is 19.1. The van der Waals surface area contributed by atoms with Crippen molar-refractivity contribution in [2.45, 2.75) is 26.2 Å². The summed E-state index contributed by atoms with van der Waals surface area (Å²) in [6.45, 7) is 4.41. The van der Waals surface area contributed by atoms with E-state index in [0.29, 0.717) is 25.1 Å². The average Bonchev–Trinajstić information content (AvgIpc) is 2.61. The lowest BCUT2D eigenvalue weighted by Gasteiger charge is -2.33. The van der Waals surface area contributed by atoms with Crippen molar-refractivity contribution in [3.63, 3.8) is 0 Å². The molecule has 0 bridgehead atoms. The highest BCUT2D eigenvalue weighted by Gasteiger charge is 2.27. The third-order valence-corrected chi connectivity index (χ3v) is 4.26. The van der Waals surface area contributed by atoms with Crippen LogP contribution in [0.3, 0.4) is 0 Å². The van der Waals surface area contributed by atoms with Gasteiger partial charge >= 0.3 is 5.97 Å². The Morgan fingerprint density at radius 3 is 2.71 bits per heavy atom. The maximum absolute atomic E-state index is 13.6. The first-order valence-corrected chi connectivity index (χ1v) is 8.51. The van der Waals surface area contributed by atoms with Crippen LogP contribution >= 0.6 is 0 Å². The largest absolute Gasteiger partial charge is 0.466 e. The second-order valence-corrected chi connectivity index (χ2v) is 5.83. The number of esters is 1. The van der Waals surface area contributed by atoms with Gasteiger partial charge in [0.05, 0.1) is 12.5 Å². The molecule has 1 heterocycles. The number of ether oxygens (including phenoxy) is 1. The molecule has 24 heavy (non-hydrogen) atoms. The van der Waals surface area contributed by atoms with Gasteiger partial charge in [-0.05, 0) is 37.8 Å². The number of rotatable bonds is 5. The topological polar surface area (TPSA) is 53.9 Å². The summed E-state index contributed by atoms with van der Waals surface area (Å²) in [4.78, 5) is 18.2. The van der Waals surface area contributed by atoms with E-state index in [1.807, 2.05) is 13.0 Å². The van der Waals surface area contributed by atoms with Crippen molar-refractivity contribution >= 4 is 11.9 Å². The SMILES string of the molecule is CCOC(=O)C1CCN(C(=NC)NCCc2ccccc2F)CC1. The van der Waals surface area contributed by atoms with Crippen molar-refractivity contribution in [3.8, 4) is 0 Å². The fraction of sp³-hybridized carbons (Fsp3) is 0.556. The summed E-state index contributed by atoms with van der Waals surface area (Å²) in [5, 5.41) is 3.28. The molecule has 1 aliphatic heterocycles. The van der Waals surface area contributed by atoms with Gasteiger partial charge in [-0.2, -0.15) is 0 Å². The first-order valence-electron chi connectivity index (χ1n) is 8.51. The number of aliphatic imine (C=N–C) groups is 1. The van der Waals surface area contributed by atoms with Crippen LogP contribution in [-0.4, -0.2) is 50.1 Å². The molecule has 0 aliphatic carbocycles. The molecule has 0 amide bonds. The molecule has 0 spiro atoms. The minimum Gasteiger partial charge on any atom is -0.466 e. The maximum atomic E-state index is 13.6. The Morgan fingerprint density at radius 1 is 1.38 bits per heavy atom. The van der Waals surface area contributed by atoms with Gasteiger partial charge in [0.2, 0.25) is 0 Å². The number of carbonyl (C=O) groups is 1. The van der Waals surface area contributed by atoms with Crippen LogP contribution in [-0.2, 0) is 16.0 Å². The monoisotopic (exact) mass is 335 g/mol. The summed E-state index contributed by atoms with van der Waals surface area (Å²) in [5.74, 6) is 0.510. The first kappa shape index (κ1) is 18.2. The van der Waals surface area contributed by atoms with E-state index < -0.39 is 0 Å². The number of nitrogens with zero attached hydrogens (tertiary/aromatic N) is 2. The number of hydrogen-bond acceptors (Lipinski definition) is 3. The molecule has 0 unspecified atom stereocenters. The van der Waals surface area contributed by atoms with Gasteiger partial charge in [-0.25, -0.2) is 4.39 Å². The standard InChI is InChI=1S/C18H26FN3O2/c1-3-24-17(23)15-9-12-22(13-10-15)18(20-2)21-11-8-14-6-4-5-7-16(14)19/h4-7,15H,3,8-13H2,1-2H3,(H,20,21). The number of nitrogens with one attached hydrogen (secondary N) is 1. The van der Waals surface area contributed by atoms with Gasteiger partial charge in [0.15, 0.2) is 5.96 Å². The Kier molecular flexibility index (Phi) is 7.03. The molecule has 0 saturated carbocycles. The minimum absolute atomic E-state index is 0.0160. The normalized spacial score (nSPS) is 16.1. The van der Waals surface area contributed by atoms with Gasteiger partial charge in [-0.3, -0.25) is 9.79 Å². The molecule has 1 aliphatic rings. The third kappa shape index (κ3) is 4.94. The Balaban J connectivity index is 1.79. The van der Waals surface area contributed by atoms with Gasteiger partial charge < -0.3 is 15.0 Å². The zero-order valence-electron chi connectivity index (χ0n) is 14.4. The highest BCUT2D eigenvalue weighted by molar-refractivity contribution is 5.80. The van der Waals surface area contributed by atoms with Crippen LogP contribution in [0.2, 0.25) is 0 Å². The van der Waals surface area contributed by atoms with Crippen LogP contribution in [0, 0.1) is 11.7 Å². The summed E-state index contributed by atoms with van der Waals surface area (Å²) in [6.07, 6.45) is 2.14. The summed E-state index contributed by atoms with van der Waals surface area (Å²) in [5.41, 5.74) is 0.696. The van der Waals surface area contributed by atoms with Gasteiger partial charge in [0.1, 0.15) is 5.82 Å². The number of hydrogen-bond donors (Lipinski definition) is 1. The van der Waals surface area contributed by atoms with Crippen molar-refractivity contribution in [2.75, 3.05) is 33.3 Å². The third-order valence-electron chi connectivity index (χ3n) is 4.26. The van der Waals surface area contributed by atoms with E-state index in [-0.39, 0.29) is 17.7 Å². The lowest BCUT2D eigenvalue weighted by Crippen LogP contribution is -2.47. The second kappa shape index (κ2) is 9.25. The molecule has 0 aromatic heterocycles. The molecule has 5 nitrogen and oxygen atoms in total. The Labute approximate surface area is 142 Å².